The molecule has 0 saturated carbocycles. The number of hydrogen-bond acceptors (Lipinski definition) is 1. The van der Waals surface area contributed by atoms with E-state index in [4.69, 9.17) is 9.46 Å². The van der Waals surface area contributed by atoms with E-state index in [0.29, 0.717) is 0 Å². The molecular weight excluding hydrogens is 162 g/mol. The Morgan fingerprint density at radius 2 is 2.00 bits per heavy atom. The summed E-state index contributed by atoms with van der Waals surface area (Å²) in [6, 6.07) is 0. The highest BCUT2D eigenvalue weighted by Crippen LogP contribution is 2.10. The minimum absolute atomic E-state index is 0.833. The lowest BCUT2D eigenvalue weighted by Gasteiger charge is -2.02. The predicted molar refractivity (Wildman–Crippen MR) is 47.3 cm³/mol. The first-order valence-electron chi connectivity index (χ1n) is 3.69. The van der Waals surface area contributed by atoms with Crippen LogP contribution in [-0.2, 0) is 4.57 Å². The van der Waals surface area contributed by atoms with Gasteiger partial charge in [0.15, 0.2) is 0 Å². The molecule has 60 valence electrons. The summed E-state index contributed by atoms with van der Waals surface area (Å²) in [6.45, 7) is 4.55. The first kappa shape index (κ1) is 13.2. The van der Waals surface area contributed by atoms with E-state index in [2.05, 4.69) is 13.8 Å². The van der Waals surface area contributed by atoms with Crippen molar-refractivity contribution in [1.29, 1.82) is 0 Å². The Morgan fingerprint density at radius 1 is 1.60 bits per heavy atom. The molecule has 10 heavy (non-hydrogen) atoms. The molecule has 0 spiro atoms. The molecule has 0 aliphatic carbocycles. The fraction of sp³-hybridized carbons (Fsp3) is 1.00. The van der Waals surface area contributed by atoms with Crippen molar-refractivity contribution >= 4 is 25.0 Å². The summed E-state index contributed by atoms with van der Waals surface area (Å²) >= 11 is 1.40. The topological polar surface area (TPSA) is 37.3 Å². The van der Waals surface area contributed by atoms with Crippen molar-refractivity contribution in [3.63, 3.8) is 0 Å². The Balaban J connectivity index is 0. The summed E-state index contributed by atoms with van der Waals surface area (Å²) in [6.07, 6.45) is 4.24. The Bertz CT molecular complexity index is 70.8. The normalized spacial score (nSPS) is 11.9. The standard InChI is InChI=1S/C6H13.Al.HO2P.2H/c1-3-5-6-4-2;;1-3-2;;/h5H,3-4,6H2,1-2H3;;(H,1,2);;. The lowest BCUT2D eigenvalue weighted by Crippen LogP contribution is -1.86. The van der Waals surface area contributed by atoms with Crippen LogP contribution in [-0.4, -0.2) is 21.2 Å². The Kier molecular flexibility index (Phi) is 16.2. The monoisotopic (exact) mass is 178 g/mol. The van der Waals surface area contributed by atoms with Gasteiger partial charge in [0.25, 0.3) is 0 Å². The summed E-state index contributed by atoms with van der Waals surface area (Å²) in [7, 11) is -0.833. The van der Waals surface area contributed by atoms with Gasteiger partial charge in [0.05, 0.1) is 0 Å². The van der Waals surface area contributed by atoms with Gasteiger partial charge in [-0.1, -0.05) is 37.9 Å². The molecule has 0 rings (SSSR count). The van der Waals surface area contributed by atoms with Crippen LogP contribution in [0.1, 0.15) is 33.1 Å². The largest absolute Gasteiger partial charge is 0.324 e. The van der Waals surface area contributed by atoms with Crippen LogP contribution in [0.5, 0.6) is 0 Å². The molecule has 0 radical (unpaired) electrons. The van der Waals surface area contributed by atoms with E-state index in [1.165, 1.54) is 35.6 Å². The average molecular weight is 178 g/mol. The third-order valence-electron chi connectivity index (χ3n) is 1.48. The minimum atomic E-state index is -0.833. The number of hydrogen-bond donors (Lipinski definition) is 1. The third kappa shape index (κ3) is 15.8. The van der Waals surface area contributed by atoms with Crippen LogP contribution in [0, 0.1) is 0 Å². The molecule has 0 fully saturated rings. The second kappa shape index (κ2) is 12.3. The van der Waals surface area contributed by atoms with E-state index in [9.17, 15) is 0 Å². The zero-order valence-electron chi connectivity index (χ0n) is 7.00. The lowest BCUT2D eigenvalue weighted by atomic mass is 10.2. The smallest absolute Gasteiger partial charge is 0.310 e. The predicted octanol–water partition coefficient (Wildman–Crippen LogP) is 1.80. The SMILES string of the molecule is CCC[CH]([AlH2])CC.O=PO. The van der Waals surface area contributed by atoms with Gasteiger partial charge in [-0.05, 0) is 0 Å². The van der Waals surface area contributed by atoms with Crippen molar-refractivity contribution in [2.45, 2.75) is 37.9 Å². The highest BCUT2D eigenvalue weighted by molar-refractivity contribution is 7.16. The molecule has 0 saturated heterocycles. The number of rotatable bonds is 3. The summed E-state index contributed by atoms with van der Waals surface area (Å²) < 4.78 is 9.55. The maximum atomic E-state index is 8.46. The van der Waals surface area contributed by atoms with Crippen LogP contribution in [0.25, 0.3) is 0 Å². The molecule has 1 unspecified atom stereocenters. The third-order valence-corrected chi connectivity index (χ3v) is 2.87. The van der Waals surface area contributed by atoms with Gasteiger partial charge in [-0.3, -0.25) is 0 Å². The van der Waals surface area contributed by atoms with E-state index < -0.39 is 8.69 Å². The van der Waals surface area contributed by atoms with E-state index in [1.54, 1.807) is 0 Å². The van der Waals surface area contributed by atoms with Crippen LogP contribution >= 0.6 is 8.69 Å². The van der Waals surface area contributed by atoms with E-state index in [1.807, 2.05) is 0 Å². The van der Waals surface area contributed by atoms with Crippen molar-refractivity contribution in [2.75, 3.05) is 0 Å². The molecule has 0 amide bonds. The van der Waals surface area contributed by atoms with Gasteiger partial charge >= 0.3 is 8.69 Å². The van der Waals surface area contributed by atoms with Crippen molar-refractivity contribution in [3.8, 4) is 0 Å². The van der Waals surface area contributed by atoms with Gasteiger partial charge in [-0.25, -0.2) is 4.57 Å². The summed E-state index contributed by atoms with van der Waals surface area (Å²) in [5.41, 5.74) is 0. The molecule has 1 atom stereocenters. The van der Waals surface area contributed by atoms with Gasteiger partial charge in [0.1, 0.15) is 0 Å². The zero-order valence-corrected chi connectivity index (χ0v) is 9.90. The molecule has 0 aromatic heterocycles. The molecule has 4 heteroatoms. The van der Waals surface area contributed by atoms with Gasteiger partial charge < -0.3 is 4.89 Å². The Morgan fingerprint density at radius 3 is 2.10 bits per heavy atom. The van der Waals surface area contributed by atoms with Crippen LogP contribution in [0.2, 0.25) is 4.78 Å². The summed E-state index contributed by atoms with van der Waals surface area (Å²) in [5, 5.41) is 0. The molecule has 0 aliphatic heterocycles. The lowest BCUT2D eigenvalue weighted by molar-refractivity contribution is 0.524. The highest BCUT2D eigenvalue weighted by atomic mass is 31.1. The van der Waals surface area contributed by atoms with Crippen molar-refractivity contribution in [2.24, 2.45) is 0 Å². The van der Waals surface area contributed by atoms with E-state index in [-0.39, 0.29) is 0 Å². The summed E-state index contributed by atoms with van der Waals surface area (Å²) in [5.74, 6) is 0. The van der Waals surface area contributed by atoms with E-state index >= 15 is 0 Å². The van der Waals surface area contributed by atoms with Gasteiger partial charge in [0.2, 0.25) is 16.3 Å². The molecule has 0 aliphatic rings. The molecule has 0 heterocycles. The molecule has 0 bridgehead atoms. The molecule has 1 N–H and O–H groups in total. The van der Waals surface area contributed by atoms with Crippen molar-refractivity contribution < 1.29 is 9.46 Å². The average Bonchev–Trinajstić information content (AvgIpc) is 1.90. The fourth-order valence-corrected chi connectivity index (χ4v) is 1.27. The summed E-state index contributed by atoms with van der Waals surface area (Å²) in [4.78, 5) is 6.99. The first-order valence-corrected chi connectivity index (χ1v) is 5.61. The van der Waals surface area contributed by atoms with Crippen LogP contribution in [0.15, 0.2) is 0 Å². The Labute approximate surface area is 72.7 Å². The minimum Gasteiger partial charge on any atom is -0.310 e. The van der Waals surface area contributed by atoms with Crippen molar-refractivity contribution in [1.82, 2.24) is 0 Å². The van der Waals surface area contributed by atoms with Crippen LogP contribution in [0.3, 0.4) is 0 Å². The molecule has 0 aromatic rings. The maximum Gasteiger partial charge on any atom is 0.324 e. The van der Waals surface area contributed by atoms with Crippen LogP contribution < -0.4 is 0 Å². The first-order chi connectivity index (χ1) is 4.72. The van der Waals surface area contributed by atoms with Crippen LogP contribution in [0.4, 0.5) is 0 Å². The molecular formula is C6H16AlO2P. The van der Waals surface area contributed by atoms with Gasteiger partial charge in [0, 0.05) is 0 Å². The van der Waals surface area contributed by atoms with E-state index in [0.717, 1.165) is 4.78 Å². The molecule has 0 aromatic carbocycles. The second-order valence-corrected chi connectivity index (χ2v) is 4.18. The quantitative estimate of drug-likeness (QED) is 0.528. The Hall–Kier alpha value is 0.592. The highest BCUT2D eigenvalue weighted by Gasteiger charge is 1.93. The second-order valence-electron chi connectivity index (χ2n) is 2.38. The van der Waals surface area contributed by atoms with Crippen molar-refractivity contribution in [3.05, 3.63) is 0 Å². The fourth-order valence-electron chi connectivity index (χ4n) is 0.697. The van der Waals surface area contributed by atoms with Gasteiger partial charge in [-0.2, -0.15) is 0 Å². The van der Waals surface area contributed by atoms with Gasteiger partial charge in [-0.15, -0.1) is 0 Å². The zero-order chi connectivity index (χ0) is 8.41. The maximum absolute atomic E-state index is 8.46. The molecule has 2 nitrogen and oxygen atoms in total.